The predicted octanol–water partition coefficient (Wildman–Crippen LogP) is 2.77. The largest absolute Gasteiger partial charge is 0.462 e. The zero-order chi connectivity index (χ0) is 11.4. The number of hydrogen-bond donors (Lipinski definition) is 1. The Hall–Kier alpha value is -0.580. The first-order chi connectivity index (χ1) is 7.10. The first kappa shape index (κ1) is 12.5. The number of aliphatic hydroxyl groups excluding tert-OH is 1. The summed E-state index contributed by atoms with van der Waals surface area (Å²) in [5, 5.41) is 9.37. The smallest absolute Gasteiger partial charge is 0.340 e. The fourth-order valence-corrected chi connectivity index (χ4v) is 2.14. The molecule has 5 heteroatoms. The molecule has 0 spiro atoms. The van der Waals surface area contributed by atoms with Gasteiger partial charge in [-0.1, -0.05) is 27.5 Å². The SMILES string of the molecule is CCOC(=O)c1c(Cl)cc(Br)cc1CO. The number of carbonyl (C=O) groups excluding carboxylic acids is 1. The Morgan fingerprint density at radius 3 is 2.80 bits per heavy atom. The molecule has 1 aromatic carbocycles. The molecule has 82 valence electrons. The van der Waals surface area contributed by atoms with E-state index in [1.54, 1.807) is 19.1 Å². The Morgan fingerprint density at radius 2 is 2.27 bits per heavy atom. The van der Waals surface area contributed by atoms with Gasteiger partial charge < -0.3 is 9.84 Å². The third-order valence-electron chi connectivity index (χ3n) is 1.79. The van der Waals surface area contributed by atoms with Crippen molar-refractivity contribution >= 4 is 33.5 Å². The lowest BCUT2D eigenvalue weighted by Crippen LogP contribution is -2.09. The van der Waals surface area contributed by atoms with Crippen molar-refractivity contribution < 1.29 is 14.6 Å². The van der Waals surface area contributed by atoms with Crippen LogP contribution >= 0.6 is 27.5 Å². The number of esters is 1. The van der Waals surface area contributed by atoms with Crippen LogP contribution in [0.15, 0.2) is 16.6 Å². The van der Waals surface area contributed by atoms with Gasteiger partial charge in [-0.2, -0.15) is 0 Å². The predicted molar refractivity (Wildman–Crippen MR) is 61.0 cm³/mol. The molecule has 0 amide bonds. The topological polar surface area (TPSA) is 46.5 Å². The van der Waals surface area contributed by atoms with Crippen LogP contribution in [0.4, 0.5) is 0 Å². The molecule has 0 fully saturated rings. The number of halogens is 2. The molecule has 1 N–H and O–H groups in total. The molecule has 0 bridgehead atoms. The van der Waals surface area contributed by atoms with Crippen LogP contribution in [0.5, 0.6) is 0 Å². The van der Waals surface area contributed by atoms with E-state index < -0.39 is 5.97 Å². The Labute approximate surface area is 101 Å². The summed E-state index contributed by atoms with van der Waals surface area (Å²) in [6, 6.07) is 3.23. The van der Waals surface area contributed by atoms with Gasteiger partial charge in [0.25, 0.3) is 0 Å². The van der Waals surface area contributed by atoms with Crippen molar-refractivity contribution in [3.05, 3.63) is 32.8 Å². The van der Waals surface area contributed by atoms with Gasteiger partial charge in [0.05, 0.1) is 23.8 Å². The van der Waals surface area contributed by atoms with E-state index >= 15 is 0 Å². The number of carbonyl (C=O) groups is 1. The highest BCUT2D eigenvalue weighted by Gasteiger charge is 2.17. The molecule has 0 radical (unpaired) electrons. The van der Waals surface area contributed by atoms with Crippen molar-refractivity contribution in [3.63, 3.8) is 0 Å². The van der Waals surface area contributed by atoms with Gasteiger partial charge in [0.15, 0.2) is 0 Å². The molecule has 0 atom stereocenters. The van der Waals surface area contributed by atoms with Crippen molar-refractivity contribution in [2.75, 3.05) is 6.61 Å². The Morgan fingerprint density at radius 1 is 1.60 bits per heavy atom. The molecule has 0 saturated heterocycles. The van der Waals surface area contributed by atoms with E-state index in [4.69, 9.17) is 21.4 Å². The highest BCUT2D eigenvalue weighted by atomic mass is 79.9. The van der Waals surface area contributed by atoms with Crippen LogP contribution in [0, 0.1) is 0 Å². The lowest BCUT2D eigenvalue weighted by molar-refractivity contribution is 0.0523. The summed E-state index contributed by atoms with van der Waals surface area (Å²) < 4.78 is 5.55. The van der Waals surface area contributed by atoms with Gasteiger partial charge in [0, 0.05) is 4.47 Å². The van der Waals surface area contributed by atoms with E-state index in [0.29, 0.717) is 10.0 Å². The van der Waals surface area contributed by atoms with Crippen LogP contribution in [0.25, 0.3) is 0 Å². The summed E-state index contributed by atoms with van der Waals surface area (Å²) in [4.78, 5) is 11.5. The number of rotatable bonds is 3. The molecule has 0 aliphatic rings. The zero-order valence-electron chi connectivity index (χ0n) is 8.09. The van der Waals surface area contributed by atoms with Crippen molar-refractivity contribution in [1.29, 1.82) is 0 Å². The maximum atomic E-state index is 11.5. The molecule has 15 heavy (non-hydrogen) atoms. The van der Waals surface area contributed by atoms with Gasteiger partial charge in [-0.25, -0.2) is 4.79 Å². The maximum absolute atomic E-state index is 11.5. The molecule has 3 nitrogen and oxygen atoms in total. The van der Waals surface area contributed by atoms with Gasteiger partial charge in [0.2, 0.25) is 0 Å². The van der Waals surface area contributed by atoms with E-state index in [1.807, 2.05) is 0 Å². The van der Waals surface area contributed by atoms with Crippen LogP contribution in [0.1, 0.15) is 22.8 Å². The van der Waals surface area contributed by atoms with Gasteiger partial charge in [-0.05, 0) is 24.6 Å². The van der Waals surface area contributed by atoms with Gasteiger partial charge in [0.1, 0.15) is 0 Å². The third-order valence-corrected chi connectivity index (χ3v) is 2.54. The maximum Gasteiger partial charge on any atom is 0.340 e. The Bertz CT molecular complexity index is 379. The molecule has 0 unspecified atom stereocenters. The molecule has 1 aromatic rings. The van der Waals surface area contributed by atoms with E-state index in [1.165, 1.54) is 0 Å². The first-order valence-corrected chi connectivity index (χ1v) is 5.53. The molecular formula is C10H10BrClO3. The second kappa shape index (κ2) is 5.49. The second-order valence-electron chi connectivity index (χ2n) is 2.80. The van der Waals surface area contributed by atoms with Gasteiger partial charge >= 0.3 is 5.97 Å². The average molecular weight is 294 g/mol. The fraction of sp³-hybridized carbons (Fsp3) is 0.300. The van der Waals surface area contributed by atoms with Crippen molar-refractivity contribution in [2.24, 2.45) is 0 Å². The Kier molecular flexibility index (Phi) is 4.57. The molecule has 1 rings (SSSR count). The summed E-state index contributed by atoms with van der Waals surface area (Å²) in [5.74, 6) is -0.515. The van der Waals surface area contributed by atoms with E-state index in [9.17, 15) is 4.79 Å². The van der Waals surface area contributed by atoms with Crippen LogP contribution in [0.3, 0.4) is 0 Å². The van der Waals surface area contributed by atoms with Crippen molar-refractivity contribution in [3.8, 4) is 0 Å². The molecular weight excluding hydrogens is 283 g/mol. The third kappa shape index (κ3) is 2.93. The van der Waals surface area contributed by atoms with Crippen LogP contribution < -0.4 is 0 Å². The number of ether oxygens (including phenoxy) is 1. The number of hydrogen-bond acceptors (Lipinski definition) is 3. The first-order valence-electron chi connectivity index (χ1n) is 4.36. The van der Waals surface area contributed by atoms with Crippen LogP contribution in [-0.2, 0) is 11.3 Å². The highest BCUT2D eigenvalue weighted by molar-refractivity contribution is 9.10. The molecule has 0 saturated carbocycles. The monoisotopic (exact) mass is 292 g/mol. The molecule has 0 aliphatic heterocycles. The summed E-state index contributed by atoms with van der Waals surface area (Å²) >= 11 is 9.13. The van der Waals surface area contributed by atoms with Crippen LogP contribution in [-0.4, -0.2) is 17.7 Å². The fourth-order valence-electron chi connectivity index (χ4n) is 1.18. The quantitative estimate of drug-likeness (QED) is 0.872. The molecule has 0 aliphatic carbocycles. The summed E-state index contributed by atoms with van der Waals surface area (Å²) in [5.41, 5.74) is 0.678. The van der Waals surface area contributed by atoms with E-state index in [-0.39, 0.29) is 23.8 Å². The number of aliphatic hydroxyl groups is 1. The van der Waals surface area contributed by atoms with Crippen molar-refractivity contribution in [2.45, 2.75) is 13.5 Å². The normalized spacial score (nSPS) is 10.1. The minimum atomic E-state index is -0.515. The lowest BCUT2D eigenvalue weighted by Gasteiger charge is -2.09. The van der Waals surface area contributed by atoms with Crippen LogP contribution in [0.2, 0.25) is 5.02 Å². The van der Waals surface area contributed by atoms with Gasteiger partial charge in [-0.15, -0.1) is 0 Å². The second-order valence-corrected chi connectivity index (χ2v) is 4.12. The molecule has 0 heterocycles. The highest BCUT2D eigenvalue weighted by Crippen LogP contribution is 2.26. The average Bonchev–Trinajstić information content (AvgIpc) is 2.16. The van der Waals surface area contributed by atoms with E-state index in [2.05, 4.69) is 15.9 Å². The van der Waals surface area contributed by atoms with Gasteiger partial charge in [-0.3, -0.25) is 0 Å². The molecule has 0 aromatic heterocycles. The zero-order valence-corrected chi connectivity index (χ0v) is 10.4. The Balaban J connectivity index is 3.20. The summed E-state index contributed by atoms with van der Waals surface area (Å²) in [6.45, 7) is 1.73. The summed E-state index contributed by atoms with van der Waals surface area (Å²) in [6.07, 6.45) is 0. The lowest BCUT2D eigenvalue weighted by atomic mass is 10.1. The standard InChI is InChI=1S/C10H10BrClO3/c1-2-15-10(14)9-6(5-13)3-7(11)4-8(9)12/h3-4,13H,2,5H2,1H3. The van der Waals surface area contributed by atoms with E-state index in [0.717, 1.165) is 0 Å². The minimum absolute atomic E-state index is 0.226. The summed E-state index contributed by atoms with van der Waals surface area (Å²) in [7, 11) is 0. The minimum Gasteiger partial charge on any atom is -0.462 e. The van der Waals surface area contributed by atoms with Crippen molar-refractivity contribution in [1.82, 2.24) is 0 Å². The number of benzene rings is 1.